The summed E-state index contributed by atoms with van der Waals surface area (Å²) in [5, 5.41) is 12.3. The van der Waals surface area contributed by atoms with Crippen molar-refractivity contribution in [2.24, 2.45) is 0 Å². The lowest BCUT2D eigenvalue weighted by Gasteiger charge is -2.06. The van der Waals surface area contributed by atoms with Crippen LogP contribution in [0.15, 0.2) is 39.8 Å². The molecule has 0 unspecified atom stereocenters. The number of anilines is 1. The van der Waals surface area contributed by atoms with Crippen LogP contribution in [0.2, 0.25) is 0 Å². The molecule has 0 saturated carbocycles. The van der Waals surface area contributed by atoms with E-state index in [0.29, 0.717) is 11.3 Å². The average Bonchev–Trinajstić information content (AvgIpc) is 2.81. The van der Waals surface area contributed by atoms with Gasteiger partial charge in [0.05, 0.1) is 5.69 Å². The van der Waals surface area contributed by atoms with Gasteiger partial charge in [0, 0.05) is 11.6 Å². The van der Waals surface area contributed by atoms with Gasteiger partial charge in [0.1, 0.15) is 11.5 Å². The molecule has 20 heavy (non-hydrogen) atoms. The van der Waals surface area contributed by atoms with Gasteiger partial charge in [-0.3, -0.25) is 0 Å². The predicted molar refractivity (Wildman–Crippen MR) is 72.5 cm³/mol. The lowest BCUT2D eigenvalue weighted by molar-refractivity contribution is 0.350. The highest BCUT2D eigenvalue weighted by atomic mass is 32.2. The third kappa shape index (κ3) is 3.17. The van der Waals surface area contributed by atoms with Crippen molar-refractivity contribution in [1.82, 2.24) is 5.16 Å². The van der Waals surface area contributed by atoms with Crippen molar-refractivity contribution in [2.75, 3.05) is 11.3 Å². The largest absolute Gasteiger partial charge is 0.384 e. The first-order chi connectivity index (χ1) is 9.53. The highest BCUT2D eigenvalue weighted by Crippen LogP contribution is 2.19. The molecule has 7 heteroatoms. The Labute approximate surface area is 116 Å². The average molecular weight is 292 g/mol. The zero-order valence-corrected chi connectivity index (χ0v) is 11.4. The van der Waals surface area contributed by atoms with Crippen LogP contribution in [0.5, 0.6) is 0 Å². The fourth-order valence-electron chi connectivity index (χ4n) is 1.54. The number of aryl methyl sites for hydroxylation is 1. The van der Waals surface area contributed by atoms with Crippen molar-refractivity contribution in [1.29, 1.82) is 0 Å². The van der Waals surface area contributed by atoms with Crippen molar-refractivity contribution in [3.8, 4) is 11.8 Å². The highest BCUT2D eigenvalue weighted by Gasteiger charge is 2.19. The Bertz CT molecular complexity index is 769. The molecule has 0 aliphatic heterocycles. The quantitative estimate of drug-likeness (QED) is 0.827. The second kappa shape index (κ2) is 5.77. The number of aliphatic hydroxyl groups is 1. The minimum Gasteiger partial charge on any atom is -0.384 e. The number of hydrogen-bond acceptors (Lipinski definition) is 5. The normalized spacial score (nSPS) is 10.7. The predicted octanol–water partition coefficient (Wildman–Crippen LogP) is 1.13. The second-order valence-electron chi connectivity index (χ2n) is 3.89. The summed E-state index contributed by atoms with van der Waals surface area (Å²) in [7, 11) is -3.83. The second-order valence-corrected chi connectivity index (χ2v) is 5.54. The van der Waals surface area contributed by atoms with Gasteiger partial charge in [0.2, 0.25) is 5.88 Å². The minimum atomic E-state index is -3.83. The molecular weight excluding hydrogens is 280 g/mol. The van der Waals surface area contributed by atoms with Crippen LogP contribution in [-0.2, 0) is 10.0 Å². The Hall–Kier alpha value is -2.30. The molecular formula is C13H12N2O4S. The summed E-state index contributed by atoms with van der Waals surface area (Å²) in [5.41, 5.74) is 0.862. The maximum Gasteiger partial charge on any atom is 0.265 e. The van der Waals surface area contributed by atoms with Crippen molar-refractivity contribution in [3.63, 3.8) is 0 Å². The van der Waals surface area contributed by atoms with Gasteiger partial charge in [-0.1, -0.05) is 29.1 Å². The molecule has 0 bridgehead atoms. The Morgan fingerprint density at radius 1 is 1.40 bits per heavy atom. The molecule has 2 N–H and O–H groups in total. The molecule has 0 aliphatic carbocycles. The van der Waals surface area contributed by atoms with Crippen LogP contribution in [0.1, 0.15) is 11.3 Å². The first kappa shape index (κ1) is 14.1. The third-order valence-corrected chi connectivity index (χ3v) is 3.75. The number of aromatic nitrogens is 1. The van der Waals surface area contributed by atoms with Crippen molar-refractivity contribution in [3.05, 3.63) is 41.6 Å². The number of nitrogens with one attached hydrogen (secondary N) is 1. The van der Waals surface area contributed by atoms with Crippen molar-refractivity contribution in [2.45, 2.75) is 11.8 Å². The number of benzene rings is 1. The van der Waals surface area contributed by atoms with Crippen molar-refractivity contribution >= 4 is 15.9 Å². The Kier molecular flexibility index (Phi) is 4.08. The fourth-order valence-corrected chi connectivity index (χ4v) is 2.68. The van der Waals surface area contributed by atoms with Crippen LogP contribution in [0.3, 0.4) is 0 Å². The van der Waals surface area contributed by atoms with Crippen molar-refractivity contribution < 1.29 is 18.0 Å². The summed E-state index contributed by atoms with van der Waals surface area (Å²) in [6.07, 6.45) is 0. The monoisotopic (exact) mass is 292 g/mol. The summed E-state index contributed by atoms with van der Waals surface area (Å²) in [5.74, 6) is 5.05. The maximum absolute atomic E-state index is 12.3. The molecule has 104 valence electrons. The number of sulfonamides is 1. The van der Waals surface area contributed by atoms with Gasteiger partial charge in [-0.25, -0.2) is 13.1 Å². The number of aliphatic hydroxyl groups excluding tert-OH is 1. The van der Waals surface area contributed by atoms with Crippen LogP contribution in [-0.4, -0.2) is 25.3 Å². The number of hydrogen-bond donors (Lipinski definition) is 2. The van der Waals surface area contributed by atoms with Gasteiger partial charge in [-0.2, -0.15) is 0 Å². The molecule has 0 saturated heterocycles. The summed E-state index contributed by atoms with van der Waals surface area (Å²) in [6.45, 7) is 1.34. The summed E-state index contributed by atoms with van der Waals surface area (Å²) in [6, 6.07) is 7.71. The molecule has 1 aromatic heterocycles. The van der Waals surface area contributed by atoms with Gasteiger partial charge >= 0.3 is 0 Å². The summed E-state index contributed by atoms with van der Waals surface area (Å²) >= 11 is 0. The lowest BCUT2D eigenvalue weighted by Crippen LogP contribution is -2.13. The molecule has 0 spiro atoms. The standard InChI is InChI=1S/C13H12N2O4S/c1-10-9-13(19-14-10)15-20(17,18)12-7-3-2-5-11(12)6-4-8-16/h2-3,5,7,9,15-16H,8H2,1H3. The molecule has 0 atom stereocenters. The van der Waals surface area contributed by atoms with Gasteiger partial charge in [0.25, 0.3) is 10.0 Å². The molecule has 2 rings (SSSR count). The van der Waals surface area contributed by atoms with Gasteiger partial charge < -0.3 is 9.63 Å². The van der Waals surface area contributed by atoms with E-state index in [-0.39, 0.29) is 17.4 Å². The van der Waals surface area contributed by atoms with E-state index in [0.717, 1.165) is 0 Å². The Balaban J connectivity index is 2.39. The van der Waals surface area contributed by atoms with Crippen LogP contribution in [0.4, 0.5) is 5.88 Å². The molecule has 0 aliphatic rings. The molecule has 6 nitrogen and oxygen atoms in total. The van der Waals surface area contributed by atoms with Gasteiger partial charge in [-0.05, 0) is 19.1 Å². The van der Waals surface area contributed by atoms with E-state index in [1.54, 1.807) is 25.1 Å². The SMILES string of the molecule is Cc1cc(NS(=O)(=O)c2ccccc2C#CCO)on1. The summed E-state index contributed by atoms with van der Waals surface area (Å²) < 4.78 is 31.6. The van der Waals surface area contributed by atoms with E-state index in [1.165, 1.54) is 12.1 Å². The molecule has 1 aromatic carbocycles. The van der Waals surface area contributed by atoms with E-state index in [4.69, 9.17) is 9.63 Å². The minimum absolute atomic E-state index is 0.00926. The zero-order valence-electron chi connectivity index (χ0n) is 10.6. The van der Waals surface area contributed by atoms with Crippen LogP contribution in [0, 0.1) is 18.8 Å². The Morgan fingerprint density at radius 3 is 2.80 bits per heavy atom. The van der Waals surface area contributed by atoms with Crippen LogP contribution >= 0.6 is 0 Å². The topological polar surface area (TPSA) is 92.4 Å². The smallest absolute Gasteiger partial charge is 0.265 e. The summed E-state index contributed by atoms with van der Waals surface area (Å²) in [4.78, 5) is 0.00926. The highest BCUT2D eigenvalue weighted by molar-refractivity contribution is 7.92. The van der Waals surface area contributed by atoms with E-state index >= 15 is 0 Å². The Morgan fingerprint density at radius 2 is 2.15 bits per heavy atom. The van der Waals surface area contributed by atoms with E-state index < -0.39 is 10.0 Å². The first-order valence-corrected chi connectivity index (χ1v) is 7.16. The van der Waals surface area contributed by atoms with Gasteiger partial charge in [-0.15, -0.1) is 0 Å². The third-order valence-electron chi connectivity index (χ3n) is 2.34. The number of nitrogens with zero attached hydrogens (tertiary/aromatic N) is 1. The first-order valence-electron chi connectivity index (χ1n) is 5.68. The van der Waals surface area contributed by atoms with E-state index in [1.807, 2.05) is 0 Å². The fraction of sp³-hybridized carbons (Fsp3) is 0.154. The zero-order chi connectivity index (χ0) is 14.6. The molecule has 0 fully saturated rings. The molecule has 1 heterocycles. The maximum atomic E-state index is 12.3. The molecule has 0 radical (unpaired) electrons. The van der Waals surface area contributed by atoms with Crippen LogP contribution in [0.25, 0.3) is 0 Å². The van der Waals surface area contributed by atoms with E-state index in [9.17, 15) is 8.42 Å². The molecule has 2 aromatic rings. The van der Waals surface area contributed by atoms with Crippen LogP contribution < -0.4 is 4.72 Å². The van der Waals surface area contributed by atoms with Gasteiger partial charge in [0.15, 0.2) is 0 Å². The number of rotatable bonds is 3. The lowest BCUT2D eigenvalue weighted by atomic mass is 10.2. The molecule has 0 amide bonds. The van der Waals surface area contributed by atoms with E-state index in [2.05, 4.69) is 21.7 Å².